The number of carbonyl (C=O) groups is 1. The number of ether oxygens (including phenoxy) is 1. The highest BCUT2D eigenvalue weighted by Crippen LogP contribution is 2.46. The van der Waals surface area contributed by atoms with Crippen LogP contribution in [0.1, 0.15) is 0 Å². The zero-order valence-corrected chi connectivity index (χ0v) is 8.74. The first-order valence-corrected chi connectivity index (χ1v) is 5.26. The van der Waals surface area contributed by atoms with Gasteiger partial charge in [0.1, 0.15) is 6.04 Å². The molecule has 0 aliphatic rings. The Hall–Kier alpha value is -0.420. The normalized spacial score (nSPS) is 13.8. The van der Waals surface area contributed by atoms with Gasteiger partial charge in [-0.2, -0.15) is 0 Å². The van der Waals surface area contributed by atoms with Crippen LogP contribution in [-0.4, -0.2) is 39.5 Å². The maximum absolute atomic E-state index is 11.4. The molecule has 78 valence electrons. The lowest BCUT2D eigenvalue weighted by atomic mass is 10.4. The Balaban J connectivity index is 4.25. The first-order valence-electron chi connectivity index (χ1n) is 3.53. The molecule has 0 saturated heterocycles. The second-order valence-electron chi connectivity index (χ2n) is 2.29. The number of rotatable bonds is 5. The van der Waals surface area contributed by atoms with E-state index < -0.39 is 19.6 Å². The average Bonchev–Trinajstić information content (AvgIpc) is 2.16. The minimum absolute atomic E-state index is 0.188. The molecule has 2 N–H and O–H groups in total. The van der Waals surface area contributed by atoms with Gasteiger partial charge in [-0.3, -0.25) is 9.36 Å². The van der Waals surface area contributed by atoms with Crippen LogP contribution in [0.4, 0.5) is 0 Å². The molecule has 7 heteroatoms. The van der Waals surface area contributed by atoms with E-state index in [2.05, 4.69) is 13.8 Å². The summed E-state index contributed by atoms with van der Waals surface area (Å²) < 4.78 is 25.0. The van der Waals surface area contributed by atoms with Crippen LogP contribution < -0.4 is 5.73 Å². The third-order valence-electron chi connectivity index (χ3n) is 1.48. The lowest BCUT2D eigenvalue weighted by Gasteiger charge is -2.16. The molecule has 1 atom stereocenters. The van der Waals surface area contributed by atoms with E-state index >= 15 is 0 Å². The molecular formula is C6H14NO5P. The fourth-order valence-electron chi connectivity index (χ4n) is 0.690. The van der Waals surface area contributed by atoms with Crippen molar-refractivity contribution < 1.29 is 23.1 Å². The van der Waals surface area contributed by atoms with E-state index in [1.165, 1.54) is 21.3 Å². The van der Waals surface area contributed by atoms with Gasteiger partial charge in [0.15, 0.2) is 0 Å². The molecule has 0 aliphatic heterocycles. The summed E-state index contributed by atoms with van der Waals surface area (Å²) in [7, 11) is 0.432. The van der Waals surface area contributed by atoms with E-state index in [4.69, 9.17) is 5.73 Å². The van der Waals surface area contributed by atoms with E-state index in [-0.39, 0.29) is 6.16 Å². The monoisotopic (exact) mass is 211 g/mol. The van der Waals surface area contributed by atoms with Crippen molar-refractivity contribution in [2.45, 2.75) is 6.04 Å². The van der Waals surface area contributed by atoms with Gasteiger partial charge in [-0.05, 0) is 0 Å². The number of hydrogen-bond acceptors (Lipinski definition) is 6. The highest BCUT2D eigenvalue weighted by Gasteiger charge is 2.28. The Morgan fingerprint density at radius 1 is 1.38 bits per heavy atom. The van der Waals surface area contributed by atoms with Gasteiger partial charge in [0, 0.05) is 14.2 Å². The summed E-state index contributed by atoms with van der Waals surface area (Å²) in [6, 6.07) is -0.990. The molecule has 0 aromatic rings. The van der Waals surface area contributed by atoms with Crippen LogP contribution in [0.5, 0.6) is 0 Å². The Bertz CT molecular complexity index is 211. The molecule has 0 rings (SSSR count). The lowest BCUT2D eigenvalue weighted by molar-refractivity contribution is -0.141. The summed E-state index contributed by atoms with van der Waals surface area (Å²) in [6.07, 6.45) is -0.188. The first kappa shape index (κ1) is 12.6. The number of nitrogens with two attached hydrogens (primary N) is 1. The summed E-state index contributed by atoms with van der Waals surface area (Å²) in [5, 5.41) is 0. The molecule has 0 amide bonds. The van der Waals surface area contributed by atoms with Crippen LogP contribution in [0.25, 0.3) is 0 Å². The van der Waals surface area contributed by atoms with Crippen LogP contribution in [-0.2, 0) is 23.1 Å². The summed E-state index contributed by atoms with van der Waals surface area (Å²) in [5.41, 5.74) is 5.36. The smallest absolute Gasteiger partial charge is 0.332 e. The average molecular weight is 211 g/mol. The van der Waals surface area contributed by atoms with Crippen LogP contribution in [0.2, 0.25) is 0 Å². The summed E-state index contributed by atoms with van der Waals surface area (Å²) in [4.78, 5) is 10.8. The van der Waals surface area contributed by atoms with E-state index in [0.717, 1.165) is 0 Å². The first-order chi connectivity index (χ1) is 5.99. The molecule has 0 aliphatic carbocycles. The largest absolute Gasteiger partial charge is 0.468 e. The molecule has 0 radical (unpaired) electrons. The predicted molar refractivity (Wildman–Crippen MR) is 46.5 cm³/mol. The minimum Gasteiger partial charge on any atom is -0.468 e. The molecule has 0 spiro atoms. The maximum Gasteiger partial charge on any atom is 0.332 e. The van der Waals surface area contributed by atoms with Crippen molar-refractivity contribution in [2.24, 2.45) is 5.73 Å². The lowest BCUT2D eigenvalue weighted by Crippen LogP contribution is -2.35. The number of hydrogen-bond donors (Lipinski definition) is 1. The van der Waals surface area contributed by atoms with Gasteiger partial charge in [-0.1, -0.05) is 0 Å². The van der Waals surface area contributed by atoms with Gasteiger partial charge in [0.2, 0.25) is 0 Å². The van der Waals surface area contributed by atoms with Crippen molar-refractivity contribution >= 4 is 13.6 Å². The highest BCUT2D eigenvalue weighted by molar-refractivity contribution is 7.53. The van der Waals surface area contributed by atoms with Crippen LogP contribution in [0.15, 0.2) is 0 Å². The maximum atomic E-state index is 11.4. The minimum atomic E-state index is -3.23. The Morgan fingerprint density at radius 2 is 1.85 bits per heavy atom. The summed E-state index contributed by atoms with van der Waals surface area (Å²) in [5.74, 6) is -0.644. The third-order valence-corrected chi connectivity index (χ3v) is 3.43. The molecule has 0 fully saturated rings. The SMILES string of the molecule is COC(=O)[C@@H](N)CP(=O)(OC)OC. The molecule has 13 heavy (non-hydrogen) atoms. The fourth-order valence-corrected chi connectivity index (χ4v) is 1.77. The van der Waals surface area contributed by atoms with Gasteiger partial charge in [0.25, 0.3) is 0 Å². The Kier molecular flexibility index (Phi) is 5.17. The molecule has 0 aromatic carbocycles. The second-order valence-corrected chi connectivity index (χ2v) is 4.61. The quantitative estimate of drug-likeness (QED) is 0.507. The number of esters is 1. The van der Waals surface area contributed by atoms with E-state index in [1.807, 2.05) is 0 Å². The van der Waals surface area contributed by atoms with E-state index in [1.54, 1.807) is 0 Å². The van der Waals surface area contributed by atoms with Crippen LogP contribution in [0, 0.1) is 0 Å². The molecular weight excluding hydrogens is 197 g/mol. The summed E-state index contributed by atoms with van der Waals surface area (Å²) in [6.45, 7) is 0. The van der Waals surface area contributed by atoms with Gasteiger partial charge < -0.3 is 19.5 Å². The predicted octanol–water partition coefficient (Wildman–Crippen LogP) is -0.0274. The van der Waals surface area contributed by atoms with E-state index in [0.29, 0.717) is 0 Å². The zero-order chi connectivity index (χ0) is 10.5. The van der Waals surface area contributed by atoms with Crippen LogP contribution in [0.3, 0.4) is 0 Å². The van der Waals surface area contributed by atoms with Gasteiger partial charge in [-0.25, -0.2) is 0 Å². The van der Waals surface area contributed by atoms with E-state index in [9.17, 15) is 9.36 Å². The van der Waals surface area contributed by atoms with Crippen molar-refractivity contribution in [3.63, 3.8) is 0 Å². The van der Waals surface area contributed by atoms with Crippen LogP contribution >= 0.6 is 7.60 Å². The zero-order valence-electron chi connectivity index (χ0n) is 7.85. The third kappa shape index (κ3) is 3.87. The summed E-state index contributed by atoms with van der Waals surface area (Å²) >= 11 is 0. The molecule has 0 heterocycles. The molecule has 0 bridgehead atoms. The number of carbonyl (C=O) groups excluding carboxylic acids is 1. The highest BCUT2D eigenvalue weighted by atomic mass is 31.2. The van der Waals surface area contributed by atoms with Crippen molar-refractivity contribution in [1.82, 2.24) is 0 Å². The molecule has 0 aromatic heterocycles. The van der Waals surface area contributed by atoms with Gasteiger partial charge in [0.05, 0.1) is 13.3 Å². The second kappa shape index (κ2) is 5.34. The number of methoxy groups -OCH3 is 1. The topological polar surface area (TPSA) is 87.9 Å². The van der Waals surface area contributed by atoms with Crippen molar-refractivity contribution in [3.8, 4) is 0 Å². The van der Waals surface area contributed by atoms with Crippen molar-refractivity contribution in [2.75, 3.05) is 27.5 Å². The van der Waals surface area contributed by atoms with Gasteiger partial charge >= 0.3 is 13.6 Å². The Labute approximate surface area is 76.9 Å². The fraction of sp³-hybridized carbons (Fsp3) is 0.833. The Morgan fingerprint density at radius 3 is 2.15 bits per heavy atom. The molecule has 6 nitrogen and oxygen atoms in total. The van der Waals surface area contributed by atoms with Crippen molar-refractivity contribution in [1.29, 1.82) is 0 Å². The van der Waals surface area contributed by atoms with Crippen molar-refractivity contribution in [3.05, 3.63) is 0 Å². The van der Waals surface area contributed by atoms with Gasteiger partial charge in [-0.15, -0.1) is 0 Å². The molecule has 0 unspecified atom stereocenters. The molecule has 0 saturated carbocycles. The standard InChI is InChI=1S/C6H14NO5P/c1-10-6(8)5(7)4-13(9,11-2)12-3/h5H,4,7H2,1-3H3/t5-/m0/s1.